The van der Waals surface area contributed by atoms with Crippen LogP contribution in [0, 0.1) is 13.8 Å². The number of nitrogens with one attached hydrogen (secondary N) is 1. The number of hydrogen-bond acceptors (Lipinski definition) is 5. The Morgan fingerprint density at radius 2 is 2.03 bits per heavy atom. The van der Waals surface area contributed by atoms with E-state index in [0.717, 1.165) is 35.3 Å². The van der Waals surface area contributed by atoms with Gasteiger partial charge in [-0.1, -0.05) is 18.2 Å². The minimum absolute atomic E-state index is 0.0574. The van der Waals surface area contributed by atoms with Crippen LogP contribution in [0.4, 0.5) is 0 Å². The van der Waals surface area contributed by atoms with E-state index in [1.807, 2.05) is 50.2 Å². The summed E-state index contributed by atoms with van der Waals surface area (Å²) < 4.78 is 13.1. The number of ether oxygens (including phenoxy) is 2. The molecule has 192 valence electrons. The van der Waals surface area contributed by atoms with E-state index in [0.29, 0.717) is 43.8 Å². The molecule has 1 fully saturated rings. The Hall–Kier alpha value is -3.59. The molecule has 0 bridgehead atoms. The largest absolute Gasteiger partial charge is 0.494 e. The average molecular weight is 495 g/mol. The summed E-state index contributed by atoms with van der Waals surface area (Å²) >= 11 is 0. The maximum Gasteiger partial charge on any atom is 0.326 e. The Kier molecular flexibility index (Phi) is 8.10. The molecule has 1 saturated heterocycles. The number of carbonyl (C=O) groups excluding carboxylic acids is 2. The Bertz CT molecular complexity index is 1270. The molecule has 9 nitrogen and oxygen atoms in total. The number of aryl methyl sites for hydroxylation is 2. The number of hydrogen-bond donors (Lipinski definition) is 2. The molecule has 2 amide bonds. The molecular weight excluding hydrogens is 460 g/mol. The molecule has 2 aromatic carbocycles. The van der Waals surface area contributed by atoms with Crippen LogP contribution in [0.5, 0.6) is 5.75 Å². The van der Waals surface area contributed by atoms with E-state index in [4.69, 9.17) is 15.2 Å². The van der Waals surface area contributed by atoms with E-state index >= 15 is 0 Å². The van der Waals surface area contributed by atoms with Gasteiger partial charge in [0.25, 0.3) is 0 Å². The van der Waals surface area contributed by atoms with E-state index in [1.54, 1.807) is 4.57 Å². The Balaban J connectivity index is 1.57. The second-order valence-corrected chi connectivity index (χ2v) is 9.34. The van der Waals surface area contributed by atoms with Crippen molar-refractivity contribution < 1.29 is 19.1 Å². The van der Waals surface area contributed by atoms with Gasteiger partial charge in [-0.2, -0.15) is 0 Å². The number of nitrogens with two attached hydrogens (primary N) is 1. The zero-order valence-corrected chi connectivity index (χ0v) is 20.9. The number of imidazole rings is 1. The molecule has 4 rings (SSSR count). The normalized spacial score (nSPS) is 15.3. The molecule has 3 N–H and O–H groups in total. The van der Waals surface area contributed by atoms with Crippen LogP contribution in [0.3, 0.4) is 0 Å². The number of amides is 2. The van der Waals surface area contributed by atoms with E-state index in [-0.39, 0.29) is 30.7 Å². The molecule has 1 aliphatic heterocycles. The van der Waals surface area contributed by atoms with Crippen molar-refractivity contribution in [3.8, 4) is 5.75 Å². The third kappa shape index (κ3) is 5.96. The fourth-order valence-corrected chi connectivity index (χ4v) is 4.76. The number of aromatic amines is 1. The first kappa shape index (κ1) is 25.5. The fourth-order valence-electron chi connectivity index (χ4n) is 4.76. The first-order valence-electron chi connectivity index (χ1n) is 12.4. The third-order valence-electron chi connectivity index (χ3n) is 6.72. The fraction of sp³-hybridized carbons (Fsp3) is 0.444. The summed E-state index contributed by atoms with van der Waals surface area (Å²) in [6, 6.07) is 11.5. The lowest BCUT2D eigenvalue weighted by molar-refractivity contribution is -0.136. The topological polar surface area (TPSA) is 120 Å². The predicted molar refractivity (Wildman–Crippen MR) is 137 cm³/mol. The summed E-state index contributed by atoms with van der Waals surface area (Å²) in [5.41, 5.74) is 9.33. The summed E-state index contributed by atoms with van der Waals surface area (Å²) in [6.07, 6.45) is 2.36. The predicted octanol–water partition coefficient (Wildman–Crippen LogP) is 2.45. The van der Waals surface area contributed by atoms with Gasteiger partial charge in [0.1, 0.15) is 5.75 Å². The Labute approximate surface area is 210 Å². The van der Waals surface area contributed by atoms with Crippen molar-refractivity contribution in [1.29, 1.82) is 0 Å². The van der Waals surface area contributed by atoms with Gasteiger partial charge in [-0.3, -0.25) is 14.2 Å². The number of nitrogens with zero attached hydrogens (tertiary/aromatic N) is 2. The van der Waals surface area contributed by atoms with Gasteiger partial charge in [-0.15, -0.1) is 0 Å². The smallest absolute Gasteiger partial charge is 0.326 e. The van der Waals surface area contributed by atoms with E-state index < -0.39 is 5.91 Å². The zero-order valence-electron chi connectivity index (χ0n) is 20.9. The molecular formula is C27H34N4O5. The summed E-state index contributed by atoms with van der Waals surface area (Å²) in [4.78, 5) is 42.4. The van der Waals surface area contributed by atoms with Crippen molar-refractivity contribution in [2.75, 3.05) is 26.3 Å². The highest BCUT2D eigenvalue weighted by atomic mass is 16.5. The summed E-state index contributed by atoms with van der Waals surface area (Å²) in [5.74, 6) is -0.00125. The first-order chi connectivity index (χ1) is 17.3. The van der Waals surface area contributed by atoms with Crippen LogP contribution < -0.4 is 16.2 Å². The highest BCUT2D eigenvalue weighted by Gasteiger charge is 2.26. The maximum atomic E-state index is 13.4. The van der Waals surface area contributed by atoms with Crippen molar-refractivity contribution >= 4 is 22.8 Å². The highest BCUT2D eigenvalue weighted by Crippen LogP contribution is 2.25. The Morgan fingerprint density at radius 1 is 1.25 bits per heavy atom. The quantitative estimate of drug-likeness (QED) is 0.397. The lowest BCUT2D eigenvalue weighted by Gasteiger charge is -2.25. The standard InChI is InChI=1S/C27H34N4O5/c1-18-14-23-26(31(27(34)29-23)11-7-13-35-20-8-4-3-5-9-20)22(19(18)2)15-25(33)30(17-24(28)32)16-21-10-6-12-36-21/h3-5,8-9,14,21H,6-7,10-13,15-17H2,1-2H3,(H2,28,32)(H,29,34). The number of H-pyrrole nitrogens is 1. The molecule has 0 radical (unpaired) electrons. The summed E-state index contributed by atoms with van der Waals surface area (Å²) in [5, 5.41) is 0. The van der Waals surface area contributed by atoms with Crippen molar-refractivity contribution in [1.82, 2.24) is 14.5 Å². The Morgan fingerprint density at radius 3 is 2.72 bits per heavy atom. The molecule has 1 aromatic heterocycles. The van der Waals surface area contributed by atoms with Crippen LogP contribution in [-0.2, 0) is 27.3 Å². The second kappa shape index (κ2) is 11.4. The zero-order chi connectivity index (χ0) is 25.7. The van der Waals surface area contributed by atoms with Gasteiger partial charge in [-0.05, 0) is 68.0 Å². The molecule has 2 heterocycles. The number of para-hydroxylation sites is 1. The van der Waals surface area contributed by atoms with Gasteiger partial charge in [0, 0.05) is 19.7 Å². The van der Waals surface area contributed by atoms with Crippen LogP contribution in [0.1, 0.15) is 36.0 Å². The lowest BCUT2D eigenvalue weighted by atomic mass is 9.98. The number of primary amides is 1. The van der Waals surface area contributed by atoms with Gasteiger partial charge < -0.3 is 25.1 Å². The highest BCUT2D eigenvalue weighted by molar-refractivity contribution is 5.90. The first-order valence-corrected chi connectivity index (χ1v) is 12.4. The van der Waals surface area contributed by atoms with Crippen molar-refractivity contribution in [2.45, 2.75) is 52.2 Å². The van der Waals surface area contributed by atoms with Crippen LogP contribution >= 0.6 is 0 Å². The minimum atomic E-state index is -0.565. The van der Waals surface area contributed by atoms with Gasteiger partial charge in [0.15, 0.2) is 0 Å². The van der Waals surface area contributed by atoms with Gasteiger partial charge >= 0.3 is 5.69 Å². The molecule has 1 atom stereocenters. The van der Waals surface area contributed by atoms with Crippen LogP contribution in [0.25, 0.3) is 11.0 Å². The SMILES string of the molecule is Cc1cc2[nH]c(=O)n(CCCOc3ccccc3)c2c(CC(=O)N(CC(N)=O)CC2CCCO2)c1C. The summed E-state index contributed by atoms with van der Waals surface area (Å²) in [7, 11) is 0. The minimum Gasteiger partial charge on any atom is -0.494 e. The average Bonchev–Trinajstić information content (AvgIpc) is 3.47. The number of benzene rings is 2. The van der Waals surface area contributed by atoms with Gasteiger partial charge in [-0.25, -0.2) is 4.79 Å². The molecule has 0 spiro atoms. The molecule has 1 aliphatic rings. The molecule has 0 saturated carbocycles. The van der Waals surface area contributed by atoms with Crippen molar-refractivity contribution in [2.24, 2.45) is 5.73 Å². The van der Waals surface area contributed by atoms with Crippen LogP contribution in [0.2, 0.25) is 0 Å². The molecule has 36 heavy (non-hydrogen) atoms. The molecule has 3 aromatic rings. The summed E-state index contributed by atoms with van der Waals surface area (Å²) in [6.45, 7) is 5.63. The van der Waals surface area contributed by atoms with Crippen molar-refractivity contribution in [3.63, 3.8) is 0 Å². The monoisotopic (exact) mass is 494 g/mol. The molecule has 1 unspecified atom stereocenters. The number of carbonyl (C=O) groups is 2. The van der Waals surface area contributed by atoms with E-state index in [2.05, 4.69) is 4.98 Å². The number of aromatic nitrogens is 2. The van der Waals surface area contributed by atoms with Gasteiger partial charge in [0.2, 0.25) is 11.8 Å². The van der Waals surface area contributed by atoms with Crippen LogP contribution in [-0.4, -0.2) is 58.7 Å². The number of rotatable bonds is 11. The van der Waals surface area contributed by atoms with Crippen molar-refractivity contribution in [3.05, 3.63) is 63.6 Å². The second-order valence-electron chi connectivity index (χ2n) is 9.34. The van der Waals surface area contributed by atoms with E-state index in [1.165, 1.54) is 4.90 Å². The third-order valence-corrected chi connectivity index (χ3v) is 6.72. The van der Waals surface area contributed by atoms with E-state index in [9.17, 15) is 14.4 Å². The lowest BCUT2D eigenvalue weighted by Crippen LogP contribution is -2.43. The van der Waals surface area contributed by atoms with Gasteiger partial charge in [0.05, 0.1) is 36.7 Å². The number of fused-ring (bicyclic) bond motifs is 1. The van der Waals surface area contributed by atoms with Crippen LogP contribution in [0.15, 0.2) is 41.2 Å². The molecule has 0 aliphatic carbocycles. The molecule has 9 heteroatoms. The maximum absolute atomic E-state index is 13.4.